The van der Waals surface area contributed by atoms with Crippen molar-refractivity contribution in [1.82, 2.24) is 45.0 Å². The molecule has 7 N–H and O–H groups in total. The third-order valence-electron chi connectivity index (χ3n) is 11.2. The molecule has 1 unspecified atom stereocenters. The van der Waals surface area contributed by atoms with Crippen molar-refractivity contribution in [3.05, 3.63) is 36.2 Å². The summed E-state index contributed by atoms with van der Waals surface area (Å²) in [5.41, 5.74) is 0.844. The number of rotatable bonds is 23. The Kier molecular flexibility index (Phi) is 21.4. The van der Waals surface area contributed by atoms with Gasteiger partial charge in [-0.3, -0.25) is 58.0 Å². The van der Waals surface area contributed by atoms with E-state index in [1.165, 1.54) is 0 Å². The summed E-state index contributed by atoms with van der Waals surface area (Å²) < 4.78 is 25.0. The number of carboxylic acid groups (broad SMARTS) is 4. The van der Waals surface area contributed by atoms with Crippen LogP contribution in [0.5, 0.6) is 0 Å². The standard InChI is InChI=1S/C42H69FN10O11Si/c1-41(2,3)65(43,42(4,5)6)36-24-33(46-27-35(55)47-26-31-8-7-11-44-25-31)48-53(36)21-23-64-22-12-45-34(54)10-9-32(40(62)63)52-19-17-50(29-38(58)59)15-13-49(28-37(56)57)14-16-51(18-20-52)30-39(60)61/h7-8,11,24-25,32H,9-10,12-23,26-30H2,1-6H3,(H,45,54)(H,46,48)(H,47,55)(H,56,57)(H,58,59)(H,60,61)(H,62,63). The van der Waals surface area contributed by atoms with Crippen molar-refractivity contribution in [2.75, 3.05) is 104 Å². The zero-order chi connectivity index (χ0) is 48.4. The summed E-state index contributed by atoms with van der Waals surface area (Å²) in [4.78, 5) is 83.5. The minimum atomic E-state index is -3.82. The first-order valence-electron chi connectivity index (χ1n) is 21.8. The number of pyridine rings is 1. The van der Waals surface area contributed by atoms with Gasteiger partial charge in [-0.1, -0.05) is 47.6 Å². The molecule has 0 saturated carbocycles. The third kappa shape index (κ3) is 18.0. The van der Waals surface area contributed by atoms with Gasteiger partial charge in [-0.15, -0.1) is 0 Å². The Balaban J connectivity index is 1.61. The Hall–Kier alpha value is -5.07. The van der Waals surface area contributed by atoms with Crippen LogP contribution in [0.1, 0.15) is 59.9 Å². The topological polar surface area (TPSA) is 272 Å². The summed E-state index contributed by atoms with van der Waals surface area (Å²) in [7, 11) is -3.82. The predicted octanol–water partition coefficient (Wildman–Crippen LogP) is 0.570. The SMILES string of the molecule is CC(C)(C)[Si](F)(c1cc(NCC(=O)NCc2cccnc2)nn1CCOCCNC(=O)CCC(C(=O)O)N1CCN(CC(=O)O)CCN(CC(=O)O)CCN(CC(=O)O)CC1)C(C)(C)C. The van der Waals surface area contributed by atoms with Gasteiger partial charge >= 0.3 is 32.3 Å². The molecule has 21 nitrogen and oxygen atoms in total. The maximum Gasteiger partial charge on any atom is 0.320 e. The molecule has 0 aliphatic carbocycles. The van der Waals surface area contributed by atoms with E-state index in [0.717, 1.165) is 5.56 Å². The number of carbonyl (C=O) groups excluding carboxylic acids is 2. The number of ether oxygens (including phenoxy) is 1. The summed E-state index contributed by atoms with van der Waals surface area (Å²) in [5.74, 6) is -4.85. The highest BCUT2D eigenvalue weighted by Crippen LogP contribution is 2.51. The van der Waals surface area contributed by atoms with Crippen LogP contribution >= 0.6 is 0 Å². The zero-order valence-electron chi connectivity index (χ0n) is 38.6. The molecule has 0 spiro atoms. The van der Waals surface area contributed by atoms with Crippen molar-refractivity contribution in [3.63, 3.8) is 0 Å². The average Bonchev–Trinajstić information content (AvgIpc) is 3.62. The molecule has 1 aliphatic rings. The van der Waals surface area contributed by atoms with E-state index in [9.17, 15) is 49.2 Å². The van der Waals surface area contributed by atoms with Crippen molar-refractivity contribution in [2.45, 2.75) is 83.6 Å². The predicted molar refractivity (Wildman–Crippen MR) is 241 cm³/mol. The summed E-state index contributed by atoms with van der Waals surface area (Å²) in [6.07, 6.45) is 3.06. The van der Waals surface area contributed by atoms with Crippen LogP contribution in [0, 0.1) is 0 Å². The molecule has 1 atom stereocenters. The number of halogens is 1. The number of amides is 2. The fraction of sp³-hybridized carbons (Fsp3) is 0.667. The molecule has 1 saturated heterocycles. The molecule has 3 heterocycles. The van der Waals surface area contributed by atoms with Crippen molar-refractivity contribution in [1.29, 1.82) is 0 Å². The first-order valence-corrected chi connectivity index (χ1v) is 23.7. The van der Waals surface area contributed by atoms with Crippen molar-refractivity contribution in [3.8, 4) is 0 Å². The summed E-state index contributed by atoms with van der Waals surface area (Å²) >= 11 is 0. The van der Waals surface area contributed by atoms with Gasteiger partial charge in [-0.25, -0.2) is 0 Å². The highest BCUT2D eigenvalue weighted by Gasteiger charge is 2.58. The summed E-state index contributed by atoms with van der Waals surface area (Å²) in [6.45, 7) is 12.2. The van der Waals surface area contributed by atoms with Gasteiger partial charge in [0.05, 0.1) is 51.3 Å². The van der Waals surface area contributed by atoms with Crippen LogP contribution in [0.25, 0.3) is 0 Å². The molecule has 65 heavy (non-hydrogen) atoms. The number of nitrogens with one attached hydrogen (secondary N) is 3. The summed E-state index contributed by atoms with van der Waals surface area (Å²) in [6, 6.07) is 4.15. The monoisotopic (exact) mass is 936 g/mol. The molecular formula is C42H69FN10O11Si. The maximum absolute atomic E-state index is 17.6. The highest BCUT2D eigenvalue weighted by molar-refractivity contribution is 6.90. The molecule has 2 amide bonds. The van der Waals surface area contributed by atoms with Crippen LogP contribution in [0.3, 0.4) is 0 Å². The van der Waals surface area contributed by atoms with Gasteiger partial charge in [0.25, 0.3) is 0 Å². The first-order chi connectivity index (χ1) is 30.5. The largest absolute Gasteiger partial charge is 0.480 e. The van der Waals surface area contributed by atoms with Crippen LogP contribution in [0.4, 0.5) is 9.93 Å². The number of aromatic nitrogens is 3. The molecule has 2 aromatic rings. The number of carbonyl (C=O) groups is 6. The van der Waals surface area contributed by atoms with E-state index in [4.69, 9.17) is 4.74 Å². The van der Waals surface area contributed by atoms with E-state index in [-0.39, 0.29) is 124 Å². The average molecular weight is 937 g/mol. The quantitative estimate of drug-likeness (QED) is 0.0456. The Labute approximate surface area is 380 Å². The molecule has 0 radical (unpaired) electrons. The Bertz CT molecular complexity index is 1830. The first kappa shape index (κ1) is 54.3. The Morgan fingerprint density at radius 2 is 1.32 bits per heavy atom. The molecule has 1 aliphatic heterocycles. The molecular weight excluding hydrogens is 868 g/mol. The van der Waals surface area contributed by atoms with Gasteiger partial charge < -0.3 is 45.2 Å². The molecule has 2 aromatic heterocycles. The molecule has 3 rings (SSSR count). The van der Waals surface area contributed by atoms with Gasteiger partial charge in [0, 0.05) is 90.3 Å². The maximum atomic E-state index is 17.6. The summed E-state index contributed by atoms with van der Waals surface area (Å²) in [5, 5.41) is 51.0. The zero-order valence-corrected chi connectivity index (χ0v) is 39.6. The lowest BCUT2D eigenvalue weighted by atomic mass is 10.1. The van der Waals surface area contributed by atoms with E-state index in [2.05, 4.69) is 26.0 Å². The lowest BCUT2D eigenvalue weighted by Gasteiger charge is -2.44. The molecule has 364 valence electrons. The van der Waals surface area contributed by atoms with Crippen molar-refractivity contribution >= 4 is 55.2 Å². The second-order valence-electron chi connectivity index (χ2n) is 18.2. The Morgan fingerprint density at radius 1 is 0.785 bits per heavy atom. The van der Waals surface area contributed by atoms with Crippen molar-refractivity contribution in [2.24, 2.45) is 0 Å². The third-order valence-corrected chi connectivity index (χ3v) is 16.4. The number of hydrogen-bond donors (Lipinski definition) is 7. The van der Waals surface area contributed by atoms with Crippen LogP contribution < -0.4 is 21.3 Å². The van der Waals surface area contributed by atoms with Gasteiger partial charge in [0.2, 0.25) is 11.8 Å². The smallest absolute Gasteiger partial charge is 0.320 e. The van der Waals surface area contributed by atoms with Crippen LogP contribution in [-0.2, 0) is 46.6 Å². The van der Waals surface area contributed by atoms with Crippen LogP contribution in [0.15, 0.2) is 30.6 Å². The molecule has 23 heteroatoms. The fourth-order valence-electron chi connectivity index (χ4n) is 8.03. The van der Waals surface area contributed by atoms with Crippen molar-refractivity contribution < 1.29 is 58.0 Å². The normalized spacial score (nSPS) is 16.2. The number of aliphatic carboxylic acids is 4. The highest BCUT2D eigenvalue weighted by atomic mass is 28.4. The van der Waals surface area contributed by atoms with Gasteiger partial charge in [-0.2, -0.15) is 5.10 Å². The van der Waals surface area contributed by atoms with E-state index in [0.29, 0.717) is 17.7 Å². The molecule has 0 bridgehead atoms. The second-order valence-corrected chi connectivity index (χ2v) is 23.0. The number of carboxylic acids is 4. The lowest BCUT2D eigenvalue weighted by molar-refractivity contribution is -0.145. The van der Waals surface area contributed by atoms with Gasteiger partial charge in [0.15, 0.2) is 0 Å². The lowest BCUT2D eigenvalue weighted by Crippen LogP contribution is -2.60. The Morgan fingerprint density at radius 3 is 1.80 bits per heavy atom. The second kappa shape index (κ2) is 25.6. The fourth-order valence-corrected chi connectivity index (χ4v) is 12.7. The number of anilines is 1. The van der Waals surface area contributed by atoms with E-state index in [1.807, 2.05) is 47.6 Å². The van der Waals surface area contributed by atoms with Gasteiger partial charge in [-0.05, 0) is 28.1 Å². The van der Waals surface area contributed by atoms with E-state index in [1.54, 1.807) is 48.8 Å². The van der Waals surface area contributed by atoms with Crippen LogP contribution in [0.2, 0.25) is 10.1 Å². The van der Waals surface area contributed by atoms with Crippen LogP contribution in [-0.4, -0.2) is 203 Å². The number of nitrogens with zero attached hydrogens (tertiary/aromatic N) is 7. The molecule has 1 fully saturated rings. The van der Waals surface area contributed by atoms with Gasteiger partial charge in [0.1, 0.15) is 11.9 Å². The molecule has 0 aromatic carbocycles. The minimum Gasteiger partial charge on any atom is -0.480 e. The minimum absolute atomic E-state index is 0.0859. The van der Waals surface area contributed by atoms with E-state index < -0.39 is 54.3 Å². The van der Waals surface area contributed by atoms with E-state index >= 15 is 4.11 Å². The number of hydrogen-bond acceptors (Lipinski definition) is 14.